The normalized spacial score (nSPS) is 11.4. The second kappa shape index (κ2) is 9.24. The van der Waals surface area contributed by atoms with E-state index >= 15 is 0 Å². The molecule has 1 unspecified atom stereocenters. The summed E-state index contributed by atoms with van der Waals surface area (Å²) in [5.41, 5.74) is 0.816. The smallest absolute Gasteiger partial charge is 0.549 e. The molecule has 0 N–H and O–H groups in total. The number of hydrogen-bond donors (Lipinski definition) is 0. The van der Waals surface area contributed by atoms with Crippen molar-refractivity contribution in [3.8, 4) is 0 Å². The van der Waals surface area contributed by atoms with Gasteiger partial charge in [-0.1, -0.05) is 48.5 Å². The summed E-state index contributed by atoms with van der Waals surface area (Å²) >= 11 is 1.67. The van der Waals surface area contributed by atoms with E-state index in [0.29, 0.717) is 6.42 Å². The molecule has 0 aliphatic heterocycles. The van der Waals surface area contributed by atoms with Gasteiger partial charge in [0.2, 0.25) is 0 Å². The standard InChI is InChI=1S/C16H16O2S.Na/c17-16(18)15(13-7-3-1-4-8-13)11-12-19-14-9-5-2-6-10-14;/h1-10,15H,11-12H2,(H,17,18);/q;+1/p-1. The first kappa shape index (κ1) is 17.3. The molecule has 2 rings (SSSR count). The summed E-state index contributed by atoms with van der Waals surface area (Å²) in [6.07, 6.45) is 0.575. The van der Waals surface area contributed by atoms with Gasteiger partial charge in [0.05, 0.1) is 0 Å². The van der Waals surface area contributed by atoms with Gasteiger partial charge in [0, 0.05) is 16.8 Å². The molecule has 0 aliphatic carbocycles. The summed E-state index contributed by atoms with van der Waals surface area (Å²) in [6.45, 7) is 0. The molecular weight excluding hydrogens is 279 g/mol. The fraction of sp³-hybridized carbons (Fsp3) is 0.188. The zero-order valence-electron chi connectivity index (χ0n) is 11.5. The fourth-order valence-corrected chi connectivity index (χ4v) is 2.86. The quantitative estimate of drug-likeness (QED) is 0.543. The number of aliphatic carboxylic acids is 1. The van der Waals surface area contributed by atoms with Gasteiger partial charge in [0.1, 0.15) is 0 Å². The first-order chi connectivity index (χ1) is 9.27. The van der Waals surface area contributed by atoms with Crippen molar-refractivity contribution in [1.82, 2.24) is 0 Å². The van der Waals surface area contributed by atoms with Crippen LogP contribution >= 0.6 is 11.8 Å². The third kappa shape index (κ3) is 5.33. The Kier molecular flexibility index (Phi) is 8.00. The molecule has 2 aromatic carbocycles. The van der Waals surface area contributed by atoms with Crippen LogP contribution in [0.4, 0.5) is 0 Å². The zero-order valence-corrected chi connectivity index (χ0v) is 14.3. The molecule has 0 heterocycles. The van der Waals surface area contributed by atoms with Crippen LogP contribution in [-0.2, 0) is 4.79 Å². The van der Waals surface area contributed by atoms with Gasteiger partial charge >= 0.3 is 29.6 Å². The van der Waals surface area contributed by atoms with Crippen molar-refractivity contribution in [3.05, 3.63) is 66.2 Å². The van der Waals surface area contributed by atoms with E-state index in [4.69, 9.17) is 0 Å². The van der Waals surface area contributed by atoms with Crippen LogP contribution in [0, 0.1) is 0 Å². The third-order valence-electron chi connectivity index (χ3n) is 2.90. The fourth-order valence-electron chi connectivity index (χ4n) is 1.92. The number of benzene rings is 2. The average Bonchev–Trinajstić information content (AvgIpc) is 2.45. The molecule has 1 atom stereocenters. The number of hydrogen-bond acceptors (Lipinski definition) is 3. The van der Waals surface area contributed by atoms with Crippen molar-refractivity contribution in [2.75, 3.05) is 5.75 Å². The van der Waals surface area contributed by atoms with Crippen molar-refractivity contribution in [2.24, 2.45) is 0 Å². The predicted molar refractivity (Wildman–Crippen MR) is 76.0 cm³/mol. The van der Waals surface area contributed by atoms with Crippen molar-refractivity contribution >= 4 is 17.7 Å². The largest absolute Gasteiger partial charge is 1.00 e. The Morgan fingerprint density at radius 2 is 1.55 bits per heavy atom. The van der Waals surface area contributed by atoms with Crippen LogP contribution in [0.3, 0.4) is 0 Å². The molecule has 0 saturated heterocycles. The average molecular weight is 294 g/mol. The van der Waals surface area contributed by atoms with Crippen LogP contribution < -0.4 is 34.7 Å². The molecule has 0 radical (unpaired) electrons. The van der Waals surface area contributed by atoms with Gasteiger partial charge in [-0.05, 0) is 29.9 Å². The Bertz CT molecular complexity index is 517. The molecule has 20 heavy (non-hydrogen) atoms. The van der Waals surface area contributed by atoms with Gasteiger partial charge in [-0.3, -0.25) is 0 Å². The summed E-state index contributed by atoms with van der Waals surface area (Å²) in [7, 11) is 0. The van der Waals surface area contributed by atoms with Crippen LogP contribution in [0.5, 0.6) is 0 Å². The molecule has 0 bridgehead atoms. The number of rotatable bonds is 6. The summed E-state index contributed by atoms with van der Waals surface area (Å²) in [5.74, 6) is -0.769. The molecule has 0 aliphatic rings. The Morgan fingerprint density at radius 3 is 2.10 bits per heavy atom. The molecule has 0 fully saturated rings. The second-order valence-electron chi connectivity index (χ2n) is 4.23. The Balaban J connectivity index is 0.00000200. The number of thioether (sulfide) groups is 1. The SMILES string of the molecule is O=C([O-])C(CCSc1ccccc1)c1ccccc1.[Na+]. The number of carbonyl (C=O) groups is 1. The van der Waals surface area contributed by atoms with Gasteiger partial charge in [-0.25, -0.2) is 0 Å². The Morgan fingerprint density at radius 1 is 1.00 bits per heavy atom. The molecule has 0 amide bonds. The minimum absolute atomic E-state index is 0. The first-order valence-electron chi connectivity index (χ1n) is 6.21. The molecule has 2 nitrogen and oxygen atoms in total. The molecule has 0 saturated carbocycles. The van der Waals surface area contributed by atoms with Crippen molar-refractivity contribution in [1.29, 1.82) is 0 Å². The number of carboxylic acids is 1. The van der Waals surface area contributed by atoms with E-state index in [1.54, 1.807) is 11.8 Å². The van der Waals surface area contributed by atoms with E-state index in [1.807, 2.05) is 60.7 Å². The van der Waals surface area contributed by atoms with E-state index in [1.165, 1.54) is 0 Å². The maximum atomic E-state index is 11.2. The van der Waals surface area contributed by atoms with Crippen LogP contribution in [-0.4, -0.2) is 11.7 Å². The molecule has 2 aromatic rings. The predicted octanol–water partition coefficient (Wildman–Crippen LogP) is -0.293. The van der Waals surface area contributed by atoms with Gasteiger partial charge in [0.15, 0.2) is 0 Å². The molecule has 0 spiro atoms. The van der Waals surface area contributed by atoms with Gasteiger partial charge in [0.25, 0.3) is 0 Å². The molecule has 4 heteroatoms. The van der Waals surface area contributed by atoms with Gasteiger partial charge in [-0.15, -0.1) is 11.8 Å². The van der Waals surface area contributed by atoms with E-state index in [9.17, 15) is 9.90 Å². The van der Waals surface area contributed by atoms with E-state index in [2.05, 4.69) is 0 Å². The van der Waals surface area contributed by atoms with E-state index in [-0.39, 0.29) is 29.6 Å². The summed E-state index contributed by atoms with van der Waals surface area (Å²) in [6, 6.07) is 19.3. The third-order valence-corrected chi connectivity index (χ3v) is 3.95. The van der Waals surface area contributed by atoms with Crippen LogP contribution in [0.25, 0.3) is 0 Å². The second-order valence-corrected chi connectivity index (χ2v) is 5.40. The Labute approximate surface area is 145 Å². The Hall–Kier alpha value is -0.740. The van der Waals surface area contributed by atoms with E-state index < -0.39 is 11.9 Å². The first-order valence-corrected chi connectivity index (χ1v) is 7.19. The van der Waals surface area contributed by atoms with Crippen LogP contribution in [0.2, 0.25) is 0 Å². The maximum Gasteiger partial charge on any atom is 1.00 e. The summed E-state index contributed by atoms with van der Waals surface area (Å²) < 4.78 is 0. The monoisotopic (exact) mass is 294 g/mol. The molecular formula is C16H15NaO2S. The topological polar surface area (TPSA) is 40.1 Å². The number of carboxylic acid groups (broad SMARTS) is 1. The molecule has 0 aromatic heterocycles. The van der Waals surface area contributed by atoms with Crippen molar-refractivity contribution < 1.29 is 39.5 Å². The zero-order chi connectivity index (χ0) is 13.5. The maximum absolute atomic E-state index is 11.2. The van der Waals surface area contributed by atoms with Crippen LogP contribution in [0.15, 0.2) is 65.6 Å². The summed E-state index contributed by atoms with van der Waals surface area (Å²) in [5, 5.41) is 11.2. The van der Waals surface area contributed by atoms with Gasteiger partial charge in [-0.2, -0.15) is 0 Å². The van der Waals surface area contributed by atoms with Crippen molar-refractivity contribution in [3.63, 3.8) is 0 Å². The van der Waals surface area contributed by atoms with Crippen molar-refractivity contribution in [2.45, 2.75) is 17.2 Å². The van der Waals surface area contributed by atoms with Crippen LogP contribution in [0.1, 0.15) is 17.9 Å². The van der Waals surface area contributed by atoms with Gasteiger partial charge < -0.3 is 9.90 Å². The molecule has 98 valence electrons. The minimum Gasteiger partial charge on any atom is -0.549 e. The summed E-state index contributed by atoms with van der Waals surface area (Å²) in [4.78, 5) is 12.4. The minimum atomic E-state index is -1.00. The van der Waals surface area contributed by atoms with E-state index in [0.717, 1.165) is 16.2 Å². The number of carbonyl (C=O) groups excluding carboxylic acids is 1.